The van der Waals surface area contributed by atoms with Crippen molar-refractivity contribution in [3.05, 3.63) is 88.4 Å². The second-order valence-electron chi connectivity index (χ2n) is 8.80. The quantitative estimate of drug-likeness (QED) is 0.424. The highest BCUT2D eigenvalue weighted by Gasteiger charge is 2.43. The van der Waals surface area contributed by atoms with Crippen LogP contribution in [0, 0.1) is 11.8 Å². The largest absolute Gasteiger partial charge is 0.478 e. The Kier molecular flexibility index (Phi) is 6.17. The Morgan fingerprint density at radius 3 is 2.29 bits per heavy atom. The number of hydrogen-bond acceptors (Lipinski definition) is 4. The first-order valence-corrected chi connectivity index (χ1v) is 11.7. The Morgan fingerprint density at radius 2 is 1.63 bits per heavy atom. The zero-order chi connectivity index (χ0) is 24.5. The Labute approximate surface area is 207 Å². The molecule has 178 valence electrons. The molecule has 2 aliphatic rings. The summed E-state index contributed by atoms with van der Waals surface area (Å²) in [4.78, 5) is 36.1. The Balaban J connectivity index is 1.11. The van der Waals surface area contributed by atoms with Crippen molar-refractivity contribution in [1.82, 2.24) is 5.32 Å². The average Bonchev–Trinajstić information content (AvgIpc) is 3.57. The molecular weight excluding hydrogens is 468 g/mol. The summed E-state index contributed by atoms with van der Waals surface area (Å²) >= 11 is 5.87. The van der Waals surface area contributed by atoms with Gasteiger partial charge in [0.15, 0.2) is 0 Å². The van der Waals surface area contributed by atoms with Gasteiger partial charge in [-0.1, -0.05) is 60.1 Å². The average molecular weight is 491 g/mol. The topological polar surface area (TPSA) is 105 Å². The van der Waals surface area contributed by atoms with Gasteiger partial charge in [-0.25, -0.2) is 9.59 Å². The van der Waals surface area contributed by atoms with Gasteiger partial charge < -0.3 is 20.5 Å². The van der Waals surface area contributed by atoms with Crippen molar-refractivity contribution in [2.45, 2.75) is 12.3 Å². The summed E-state index contributed by atoms with van der Waals surface area (Å²) in [6.45, 7) is 0.562. The lowest BCUT2D eigenvalue weighted by Crippen LogP contribution is -2.29. The van der Waals surface area contributed by atoms with Gasteiger partial charge in [-0.05, 0) is 52.8 Å². The highest BCUT2D eigenvalue weighted by molar-refractivity contribution is 6.33. The number of halogens is 1. The highest BCUT2D eigenvalue weighted by Crippen LogP contribution is 2.44. The van der Waals surface area contributed by atoms with E-state index in [0.29, 0.717) is 18.7 Å². The number of fused-ring (bicyclic) bond motifs is 3. The molecule has 5 rings (SSSR count). The first-order valence-electron chi connectivity index (χ1n) is 11.3. The normalized spacial score (nSPS) is 17.7. The third kappa shape index (κ3) is 4.72. The van der Waals surface area contributed by atoms with E-state index in [1.54, 1.807) is 6.07 Å². The van der Waals surface area contributed by atoms with Gasteiger partial charge in [0.2, 0.25) is 5.91 Å². The van der Waals surface area contributed by atoms with Gasteiger partial charge in [0, 0.05) is 24.1 Å². The van der Waals surface area contributed by atoms with Crippen LogP contribution in [0.5, 0.6) is 0 Å². The van der Waals surface area contributed by atoms with Crippen LogP contribution >= 0.6 is 11.6 Å². The van der Waals surface area contributed by atoms with Crippen molar-refractivity contribution < 1.29 is 24.2 Å². The third-order valence-corrected chi connectivity index (χ3v) is 6.91. The van der Waals surface area contributed by atoms with Gasteiger partial charge in [0.25, 0.3) is 0 Å². The Hall–Kier alpha value is -3.84. The minimum absolute atomic E-state index is 0.00160. The molecule has 35 heavy (non-hydrogen) atoms. The first-order chi connectivity index (χ1) is 16.9. The fourth-order valence-electron chi connectivity index (χ4n) is 4.66. The predicted molar refractivity (Wildman–Crippen MR) is 132 cm³/mol. The molecule has 0 spiro atoms. The van der Waals surface area contributed by atoms with E-state index in [4.69, 9.17) is 16.3 Å². The van der Waals surface area contributed by atoms with E-state index in [1.807, 2.05) is 24.3 Å². The number of aromatic carboxylic acids is 1. The van der Waals surface area contributed by atoms with E-state index in [9.17, 15) is 19.5 Å². The minimum atomic E-state index is -1.16. The number of amides is 2. The molecule has 7 nitrogen and oxygen atoms in total. The van der Waals surface area contributed by atoms with Crippen LogP contribution in [-0.2, 0) is 9.53 Å². The number of rotatable bonds is 7. The van der Waals surface area contributed by atoms with Crippen LogP contribution in [0.15, 0.2) is 66.7 Å². The summed E-state index contributed by atoms with van der Waals surface area (Å²) in [5.74, 6) is -1.65. The van der Waals surface area contributed by atoms with Crippen molar-refractivity contribution in [3.8, 4) is 11.1 Å². The summed E-state index contributed by atoms with van der Waals surface area (Å²) in [5, 5.41) is 14.8. The molecule has 0 aliphatic heterocycles. The van der Waals surface area contributed by atoms with E-state index in [1.165, 1.54) is 23.3 Å². The SMILES string of the molecule is O=C(NC[C@H]1C[C@H]1C(=O)Nc1ccc(Cl)c(C(=O)O)c1)OCC1c2ccccc2-c2ccccc21. The van der Waals surface area contributed by atoms with Crippen LogP contribution < -0.4 is 10.6 Å². The van der Waals surface area contributed by atoms with Crippen LogP contribution in [0.25, 0.3) is 11.1 Å². The molecule has 0 saturated heterocycles. The van der Waals surface area contributed by atoms with Crippen LogP contribution in [0.2, 0.25) is 5.02 Å². The fraction of sp³-hybridized carbons (Fsp3) is 0.222. The minimum Gasteiger partial charge on any atom is -0.478 e. The van der Waals surface area contributed by atoms with Gasteiger partial charge in [0.05, 0.1) is 10.6 Å². The maximum atomic E-state index is 12.5. The molecule has 0 aromatic heterocycles. The van der Waals surface area contributed by atoms with Gasteiger partial charge in [-0.15, -0.1) is 0 Å². The summed E-state index contributed by atoms with van der Waals surface area (Å²) in [6.07, 6.45) is 0.122. The number of hydrogen-bond donors (Lipinski definition) is 3. The zero-order valence-corrected chi connectivity index (χ0v) is 19.4. The maximum Gasteiger partial charge on any atom is 0.407 e. The van der Waals surface area contributed by atoms with Gasteiger partial charge in [-0.3, -0.25) is 4.79 Å². The molecule has 2 atom stereocenters. The predicted octanol–water partition coefficient (Wildman–Crippen LogP) is 5.15. The van der Waals surface area contributed by atoms with Gasteiger partial charge >= 0.3 is 12.1 Å². The number of ether oxygens (including phenoxy) is 1. The van der Waals surface area contributed by atoms with Crippen LogP contribution in [0.4, 0.5) is 10.5 Å². The Morgan fingerprint density at radius 1 is 0.971 bits per heavy atom. The third-order valence-electron chi connectivity index (χ3n) is 6.58. The van der Waals surface area contributed by atoms with Gasteiger partial charge in [0.1, 0.15) is 6.61 Å². The van der Waals surface area contributed by atoms with Crippen molar-refractivity contribution in [2.75, 3.05) is 18.5 Å². The van der Waals surface area contributed by atoms with Crippen molar-refractivity contribution in [1.29, 1.82) is 0 Å². The fourth-order valence-corrected chi connectivity index (χ4v) is 4.86. The molecule has 1 saturated carbocycles. The second kappa shape index (κ2) is 9.43. The van der Waals surface area contributed by atoms with Crippen molar-refractivity contribution in [3.63, 3.8) is 0 Å². The highest BCUT2D eigenvalue weighted by atomic mass is 35.5. The number of carbonyl (C=O) groups excluding carboxylic acids is 2. The number of anilines is 1. The maximum absolute atomic E-state index is 12.5. The summed E-state index contributed by atoms with van der Waals surface area (Å²) < 4.78 is 5.54. The molecular formula is C27H23ClN2O5. The molecule has 1 fully saturated rings. The monoisotopic (exact) mass is 490 g/mol. The van der Waals surface area contributed by atoms with Crippen molar-refractivity contribution in [2.24, 2.45) is 11.8 Å². The first kappa shape index (κ1) is 22.9. The Bertz CT molecular complexity index is 1280. The van der Waals surface area contributed by atoms with E-state index in [2.05, 4.69) is 34.9 Å². The van der Waals surface area contributed by atoms with E-state index in [-0.39, 0.29) is 40.9 Å². The molecule has 0 radical (unpaired) electrons. The van der Waals surface area contributed by atoms with E-state index >= 15 is 0 Å². The molecule has 0 heterocycles. The molecule has 3 aromatic rings. The number of carbonyl (C=O) groups is 3. The molecule has 3 aromatic carbocycles. The van der Waals surface area contributed by atoms with Crippen LogP contribution in [0.3, 0.4) is 0 Å². The lowest BCUT2D eigenvalue weighted by atomic mass is 9.98. The molecule has 0 bridgehead atoms. The second-order valence-corrected chi connectivity index (χ2v) is 9.20. The summed E-state index contributed by atoms with van der Waals surface area (Å²) in [7, 11) is 0. The van der Waals surface area contributed by atoms with Gasteiger partial charge in [-0.2, -0.15) is 0 Å². The zero-order valence-electron chi connectivity index (χ0n) is 18.7. The molecule has 2 amide bonds. The van der Waals surface area contributed by atoms with E-state index < -0.39 is 12.1 Å². The summed E-state index contributed by atoms with van der Waals surface area (Å²) in [5.41, 5.74) is 4.92. The lowest BCUT2D eigenvalue weighted by molar-refractivity contribution is -0.117. The van der Waals surface area contributed by atoms with Crippen LogP contribution in [-0.4, -0.2) is 36.2 Å². The molecule has 2 aliphatic carbocycles. The van der Waals surface area contributed by atoms with E-state index in [0.717, 1.165) is 11.1 Å². The van der Waals surface area contributed by atoms with Crippen LogP contribution in [0.1, 0.15) is 33.8 Å². The molecule has 3 N–H and O–H groups in total. The number of alkyl carbamates (subject to hydrolysis) is 1. The number of nitrogens with one attached hydrogen (secondary N) is 2. The smallest absolute Gasteiger partial charge is 0.407 e. The van der Waals surface area contributed by atoms with Crippen molar-refractivity contribution >= 4 is 35.3 Å². The number of benzene rings is 3. The molecule has 8 heteroatoms. The number of carboxylic acids is 1. The lowest BCUT2D eigenvalue weighted by Gasteiger charge is -2.14. The number of carboxylic acid groups (broad SMARTS) is 1. The molecule has 0 unspecified atom stereocenters. The summed E-state index contributed by atoms with van der Waals surface area (Å²) in [6, 6.07) is 20.6. The standard InChI is InChI=1S/C27H23ClN2O5/c28-24-10-9-16(12-22(24)26(32)33)30-25(31)21-11-15(21)13-29-27(34)35-14-23-19-7-3-1-5-17(19)18-6-2-4-8-20(18)23/h1-10,12,15,21,23H,11,13-14H2,(H,29,34)(H,30,31)(H,32,33)/t15-,21-/m1/s1.